The minimum Gasteiger partial charge on any atom is -0.295 e. The maximum atomic E-state index is 12.3. The Kier molecular flexibility index (Phi) is 4.66. The second-order valence-corrected chi connectivity index (χ2v) is 6.62. The van der Waals surface area contributed by atoms with E-state index in [0.29, 0.717) is 0 Å². The summed E-state index contributed by atoms with van der Waals surface area (Å²) in [5.74, 6) is 2.00. The van der Waals surface area contributed by atoms with Gasteiger partial charge < -0.3 is 0 Å². The van der Waals surface area contributed by atoms with E-state index in [0.717, 1.165) is 56.4 Å². The smallest absolute Gasteiger partial charge is 0.295 e. The van der Waals surface area contributed by atoms with Crippen molar-refractivity contribution in [2.75, 3.05) is 13.1 Å². The number of piperidine rings is 1. The number of H-pyrrole nitrogens is 1. The molecule has 1 N–H and O–H groups in total. The minimum absolute atomic E-state index is 0.186. The highest BCUT2D eigenvalue weighted by atomic mass is 16.1. The topological polar surface area (TPSA) is 84.6 Å². The maximum Gasteiger partial charge on any atom is 0.347 e. The van der Waals surface area contributed by atoms with E-state index < -0.39 is 0 Å². The van der Waals surface area contributed by atoms with Crippen molar-refractivity contribution in [2.24, 2.45) is 0 Å². The van der Waals surface area contributed by atoms with Crippen molar-refractivity contribution in [3.05, 3.63) is 58.8 Å². The average Bonchev–Trinajstić information content (AvgIpc) is 3.28. The van der Waals surface area contributed by atoms with Crippen molar-refractivity contribution in [3.63, 3.8) is 0 Å². The molecule has 1 aliphatic heterocycles. The van der Waals surface area contributed by atoms with Gasteiger partial charge in [-0.05, 0) is 38.4 Å². The first-order chi connectivity index (χ1) is 12.8. The molecule has 1 aromatic carbocycles. The molecule has 3 heterocycles. The Morgan fingerprint density at radius 3 is 2.92 bits per heavy atom. The molecule has 4 rings (SSSR count). The molecular formula is C18H23N7O. The predicted octanol–water partition coefficient (Wildman–Crippen LogP) is 1.55. The SMILES string of the molecule is CCn1ncnc1CN1CCCC(c2n[nH]c(=O)n2-c2ccccc2)C1. The van der Waals surface area contributed by atoms with Gasteiger partial charge in [-0.15, -0.1) is 0 Å². The molecule has 0 aliphatic carbocycles. The van der Waals surface area contributed by atoms with E-state index in [9.17, 15) is 4.79 Å². The number of aryl methyl sites for hydroxylation is 1. The number of para-hydroxylation sites is 1. The highest BCUT2D eigenvalue weighted by Crippen LogP contribution is 2.27. The third kappa shape index (κ3) is 3.20. The lowest BCUT2D eigenvalue weighted by atomic mass is 9.97. The van der Waals surface area contributed by atoms with E-state index in [4.69, 9.17) is 0 Å². The number of nitrogens with zero attached hydrogens (tertiary/aromatic N) is 6. The summed E-state index contributed by atoms with van der Waals surface area (Å²) in [6, 6.07) is 9.68. The van der Waals surface area contributed by atoms with Crippen LogP contribution in [0.4, 0.5) is 0 Å². The van der Waals surface area contributed by atoms with E-state index in [1.807, 2.05) is 35.0 Å². The van der Waals surface area contributed by atoms with Crippen molar-refractivity contribution in [1.29, 1.82) is 0 Å². The van der Waals surface area contributed by atoms with E-state index >= 15 is 0 Å². The summed E-state index contributed by atoms with van der Waals surface area (Å²) >= 11 is 0. The summed E-state index contributed by atoms with van der Waals surface area (Å²) in [5.41, 5.74) is 0.665. The normalized spacial score (nSPS) is 18.3. The summed E-state index contributed by atoms with van der Waals surface area (Å²) in [6.07, 6.45) is 3.70. The zero-order valence-corrected chi connectivity index (χ0v) is 14.9. The first-order valence-electron chi connectivity index (χ1n) is 9.08. The monoisotopic (exact) mass is 353 g/mol. The molecule has 2 aromatic heterocycles. The van der Waals surface area contributed by atoms with Crippen LogP contribution in [0.25, 0.3) is 5.69 Å². The van der Waals surface area contributed by atoms with Gasteiger partial charge >= 0.3 is 5.69 Å². The predicted molar refractivity (Wildman–Crippen MR) is 97.1 cm³/mol. The van der Waals surface area contributed by atoms with Gasteiger partial charge in [0.15, 0.2) is 0 Å². The van der Waals surface area contributed by atoms with Gasteiger partial charge in [0.25, 0.3) is 0 Å². The molecule has 0 amide bonds. The molecule has 3 aromatic rings. The highest BCUT2D eigenvalue weighted by molar-refractivity contribution is 5.32. The number of nitrogens with one attached hydrogen (secondary N) is 1. The Bertz CT molecular complexity index is 911. The number of benzene rings is 1. The molecule has 26 heavy (non-hydrogen) atoms. The molecule has 136 valence electrons. The maximum absolute atomic E-state index is 12.3. The largest absolute Gasteiger partial charge is 0.347 e. The van der Waals surface area contributed by atoms with Gasteiger partial charge in [-0.25, -0.2) is 24.1 Å². The van der Waals surface area contributed by atoms with Crippen LogP contribution in [0.5, 0.6) is 0 Å². The van der Waals surface area contributed by atoms with Crippen molar-refractivity contribution >= 4 is 0 Å². The standard InChI is InChI=1S/C18H23N7O/c1-2-24-16(19-13-20-24)12-23-10-6-7-14(11-23)17-21-22-18(26)25(17)15-8-4-3-5-9-15/h3-5,8-9,13-14H,2,6-7,10-12H2,1H3,(H,22,26). The lowest BCUT2D eigenvalue weighted by Crippen LogP contribution is -2.36. The number of aromatic amines is 1. The van der Waals surface area contributed by atoms with E-state index in [1.165, 1.54) is 0 Å². The first-order valence-corrected chi connectivity index (χ1v) is 9.08. The van der Waals surface area contributed by atoms with Gasteiger partial charge in [-0.2, -0.15) is 10.2 Å². The summed E-state index contributed by atoms with van der Waals surface area (Å²) in [5, 5.41) is 11.2. The van der Waals surface area contributed by atoms with Gasteiger partial charge in [0, 0.05) is 19.0 Å². The Morgan fingerprint density at radius 1 is 1.27 bits per heavy atom. The zero-order chi connectivity index (χ0) is 17.9. The molecule has 0 spiro atoms. The Labute approximate surface area is 151 Å². The second kappa shape index (κ2) is 7.25. The van der Waals surface area contributed by atoms with Crippen LogP contribution in [0, 0.1) is 0 Å². The van der Waals surface area contributed by atoms with E-state index in [1.54, 1.807) is 10.9 Å². The summed E-state index contributed by atoms with van der Waals surface area (Å²) in [4.78, 5) is 19.1. The van der Waals surface area contributed by atoms with Crippen molar-refractivity contribution < 1.29 is 0 Å². The van der Waals surface area contributed by atoms with Crippen molar-refractivity contribution in [3.8, 4) is 5.69 Å². The van der Waals surface area contributed by atoms with Gasteiger partial charge in [0.05, 0.1) is 12.2 Å². The van der Waals surface area contributed by atoms with Crippen LogP contribution in [-0.4, -0.2) is 47.5 Å². The van der Waals surface area contributed by atoms with Crippen LogP contribution in [0.15, 0.2) is 41.5 Å². The van der Waals surface area contributed by atoms with Crippen LogP contribution >= 0.6 is 0 Å². The Hall–Kier alpha value is -2.74. The fraction of sp³-hybridized carbons (Fsp3) is 0.444. The number of rotatable bonds is 5. The lowest BCUT2D eigenvalue weighted by Gasteiger charge is -2.31. The molecule has 1 unspecified atom stereocenters. The molecule has 8 nitrogen and oxygen atoms in total. The fourth-order valence-corrected chi connectivity index (χ4v) is 3.69. The van der Waals surface area contributed by atoms with Crippen LogP contribution in [0.2, 0.25) is 0 Å². The third-order valence-corrected chi connectivity index (χ3v) is 4.94. The Balaban J connectivity index is 1.57. The lowest BCUT2D eigenvalue weighted by molar-refractivity contribution is 0.188. The van der Waals surface area contributed by atoms with E-state index in [2.05, 4.69) is 32.1 Å². The number of hydrogen-bond acceptors (Lipinski definition) is 5. The Morgan fingerprint density at radius 2 is 2.12 bits per heavy atom. The van der Waals surface area contributed by atoms with Crippen LogP contribution in [-0.2, 0) is 13.1 Å². The second-order valence-electron chi connectivity index (χ2n) is 6.62. The van der Waals surface area contributed by atoms with Crippen LogP contribution in [0.1, 0.15) is 37.3 Å². The van der Waals surface area contributed by atoms with Gasteiger partial charge in [-0.1, -0.05) is 18.2 Å². The number of likely N-dealkylation sites (tertiary alicyclic amines) is 1. The molecule has 0 bridgehead atoms. The van der Waals surface area contributed by atoms with Crippen LogP contribution in [0.3, 0.4) is 0 Å². The molecule has 8 heteroatoms. The van der Waals surface area contributed by atoms with Gasteiger partial charge in [0.2, 0.25) is 0 Å². The molecule has 1 saturated heterocycles. The molecule has 1 aliphatic rings. The van der Waals surface area contributed by atoms with Crippen molar-refractivity contribution in [2.45, 2.75) is 38.8 Å². The summed E-state index contributed by atoms with van der Waals surface area (Å²) in [6.45, 7) is 5.53. The fourth-order valence-electron chi connectivity index (χ4n) is 3.69. The van der Waals surface area contributed by atoms with Crippen LogP contribution < -0.4 is 5.69 Å². The third-order valence-electron chi connectivity index (χ3n) is 4.94. The van der Waals surface area contributed by atoms with Gasteiger partial charge in [0.1, 0.15) is 18.0 Å². The van der Waals surface area contributed by atoms with E-state index in [-0.39, 0.29) is 11.6 Å². The molecule has 1 atom stereocenters. The minimum atomic E-state index is -0.186. The molecular weight excluding hydrogens is 330 g/mol. The molecule has 0 radical (unpaired) electrons. The first kappa shape index (κ1) is 16.7. The number of hydrogen-bond donors (Lipinski definition) is 1. The van der Waals surface area contributed by atoms with Crippen molar-refractivity contribution in [1.82, 2.24) is 34.4 Å². The average molecular weight is 353 g/mol. The highest BCUT2D eigenvalue weighted by Gasteiger charge is 2.27. The summed E-state index contributed by atoms with van der Waals surface area (Å²) < 4.78 is 3.63. The molecule has 1 fully saturated rings. The number of aromatic nitrogens is 6. The van der Waals surface area contributed by atoms with Gasteiger partial charge in [-0.3, -0.25) is 4.90 Å². The zero-order valence-electron chi connectivity index (χ0n) is 14.9. The quantitative estimate of drug-likeness (QED) is 0.752. The summed E-state index contributed by atoms with van der Waals surface area (Å²) in [7, 11) is 0. The molecule has 0 saturated carbocycles.